The molecule has 178 valence electrons. The predicted molar refractivity (Wildman–Crippen MR) is 126 cm³/mol. The van der Waals surface area contributed by atoms with Crippen molar-refractivity contribution in [3.05, 3.63) is 59.7 Å². The minimum absolute atomic E-state index is 0.0798. The lowest BCUT2D eigenvalue weighted by Gasteiger charge is -2.19. The van der Waals surface area contributed by atoms with Gasteiger partial charge in [-0.05, 0) is 40.5 Å². The van der Waals surface area contributed by atoms with Crippen molar-refractivity contribution in [2.75, 3.05) is 6.61 Å². The first-order valence-corrected chi connectivity index (χ1v) is 12.1. The number of carbonyl (C=O) groups excluding carboxylic acids is 2. The lowest BCUT2D eigenvalue weighted by Crippen LogP contribution is -2.49. The fraction of sp³-hybridized carbons (Fsp3) is 0.444. The second-order valence-electron chi connectivity index (χ2n) is 9.68. The minimum atomic E-state index is -1.17. The van der Waals surface area contributed by atoms with Crippen molar-refractivity contribution < 1.29 is 24.2 Å². The van der Waals surface area contributed by atoms with E-state index in [0.29, 0.717) is 11.8 Å². The van der Waals surface area contributed by atoms with Crippen molar-refractivity contribution >= 4 is 18.0 Å². The van der Waals surface area contributed by atoms with E-state index in [-0.39, 0.29) is 18.6 Å². The van der Waals surface area contributed by atoms with Gasteiger partial charge in [0.15, 0.2) is 0 Å². The number of amides is 2. The Morgan fingerprint density at radius 2 is 1.59 bits per heavy atom. The average Bonchev–Trinajstić information content (AvgIpc) is 3.24. The molecule has 7 nitrogen and oxygen atoms in total. The van der Waals surface area contributed by atoms with E-state index in [4.69, 9.17) is 4.74 Å². The Morgan fingerprint density at radius 1 is 0.971 bits per heavy atom. The summed E-state index contributed by atoms with van der Waals surface area (Å²) in [7, 11) is 0. The molecule has 3 atom stereocenters. The maximum absolute atomic E-state index is 12.8. The molecule has 0 bridgehead atoms. The minimum Gasteiger partial charge on any atom is -0.481 e. The third kappa shape index (κ3) is 4.65. The SMILES string of the molecule is O=C(O)CC(NC(=O)OCC1c2ccccc2-c2ccccc21)C(=O)NC1CC1C1CCCC1. The highest BCUT2D eigenvalue weighted by Gasteiger charge is 2.45. The summed E-state index contributed by atoms with van der Waals surface area (Å²) in [4.78, 5) is 36.7. The molecule has 3 unspecified atom stereocenters. The summed E-state index contributed by atoms with van der Waals surface area (Å²) in [6, 6.07) is 15.0. The summed E-state index contributed by atoms with van der Waals surface area (Å²) in [6.45, 7) is 0.105. The molecule has 5 rings (SSSR count). The largest absolute Gasteiger partial charge is 0.481 e. The average molecular weight is 463 g/mol. The van der Waals surface area contributed by atoms with Crippen LogP contribution in [0, 0.1) is 11.8 Å². The van der Waals surface area contributed by atoms with Crippen LogP contribution in [0.5, 0.6) is 0 Å². The number of benzene rings is 2. The molecule has 0 aromatic heterocycles. The van der Waals surface area contributed by atoms with Crippen molar-refractivity contribution in [2.24, 2.45) is 11.8 Å². The molecule has 2 amide bonds. The van der Waals surface area contributed by atoms with E-state index >= 15 is 0 Å². The molecule has 0 radical (unpaired) electrons. The van der Waals surface area contributed by atoms with Gasteiger partial charge in [0.25, 0.3) is 0 Å². The van der Waals surface area contributed by atoms with E-state index in [1.54, 1.807) is 0 Å². The molecule has 7 heteroatoms. The number of ether oxygens (including phenoxy) is 1. The summed E-state index contributed by atoms with van der Waals surface area (Å²) >= 11 is 0. The summed E-state index contributed by atoms with van der Waals surface area (Å²) in [5.74, 6) is -0.586. The Bertz CT molecular complexity index is 1050. The Hall–Kier alpha value is -3.35. The van der Waals surface area contributed by atoms with Crippen LogP contribution < -0.4 is 10.6 Å². The Kier molecular flexibility index (Phi) is 6.26. The zero-order valence-electron chi connectivity index (χ0n) is 19.0. The molecule has 2 aromatic carbocycles. The van der Waals surface area contributed by atoms with Gasteiger partial charge in [-0.2, -0.15) is 0 Å². The normalized spacial score (nSPS) is 21.9. The van der Waals surface area contributed by atoms with Crippen LogP contribution in [0.3, 0.4) is 0 Å². The molecular formula is C27H30N2O5. The lowest BCUT2D eigenvalue weighted by atomic mass is 9.98. The summed E-state index contributed by atoms with van der Waals surface area (Å²) < 4.78 is 5.50. The molecule has 0 heterocycles. The molecule has 3 aliphatic rings. The number of alkyl carbamates (subject to hydrolysis) is 1. The van der Waals surface area contributed by atoms with Crippen molar-refractivity contribution in [1.29, 1.82) is 0 Å². The van der Waals surface area contributed by atoms with E-state index in [1.165, 1.54) is 25.7 Å². The first-order valence-electron chi connectivity index (χ1n) is 12.1. The Morgan fingerprint density at radius 3 is 2.21 bits per heavy atom. The third-order valence-corrected chi connectivity index (χ3v) is 7.50. The molecule has 0 aliphatic heterocycles. The van der Waals surface area contributed by atoms with Crippen molar-refractivity contribution in [3.8, 4) is 11.1 Å². The number of rotatable bonds is 8. The maximum Gasteiger partial charge on any atom is 0.407 e. The van der Waals surface area contributed by atoms with E-state index in [2.05, 4.69) is 22.8 Å². The van der Waals surface area contributed by atoms with E-state index < -0.39 is 30.4 Å². The van der Waals surface area contributed by atoms with Crippen LogP contribution in [-0.4, -0.2) is 41.8 Å². The number of hydrogen-bond donors (Lipinski definition) is 3. The highest BCUT2D eigenvalue weighted by molar-refractivity contribution is 5.89. The van der Waals surface area contributed by atoms with Gasteiger partial charge in [0.1, 0.15) is 12.6 Å². The zero-order chi connectivity index (χ0) is 23.7. The lowest BCUT2D eigenvalue weighted by molar-refractivity contribution is -0.139. The summed E-state index contributed by atoms with van der Waals surface area (Å²) in [6.07, 6.45) is 4.55. The molecular weight excluding hydrogens is 432 g/mol. The topological polar surface area (TPSA) is 105 Å². The molecule has 2 fully saturated rings. The van der Waals surface area contributed by atoms with Gasteiger partial charge in [-0.3, -0.25) is 9.59 Å². The molecule has 2 saturated carbocycles. The third-order valence-electron chi connectivity index (χ3n) is 7.50. The number of carboxylic acid groups (broad SMARTS) is 1. The van der Waals surface area contributed by atoms with Gasteiger partial charge in [0, 0.05) is 12.0 Å². The Balaban J connectivity index is 1.19. The van der Waals surface area contributed by atoms with Gasteiger partial charge in [0.05, 0.1) is 6.42 Å². The van der Waals surface area contributed by atoms with Crippen molar-refractivity contribution in [2.45, 2.75) is 56.5 Å². The van der Waals surface area contributed by atoms with Crippen LogP contribution in [0.15, 0.2) is 48.5 Å². The molecule has 3 N–H and O–H groups in total. The van der Waals surface area contributed by atoms with E-state index in [1.807, 2.05) is 36.4 Å². The fourth-order valence-corrected chi connectivity index (χ4v) is 5.74. The van der Waals surface area contributed by atoms with Gasteiger partial charge >= 0.3 is 12.1 Å². The standard InChI is InChI=1S/C27H30N2O5/c30-25(31)14-24(26(32)28-23-13-21(23)16-7-1-2-8-16)29-27(33)34-15-22-19-11-5-3-9-17(19)18-10-4-6-12-20(18)22/h3-6,9-12,16,21-24H,1-2,7-8,13-15H2,(H,28,32)(H,29,33)(H,30,31). The van der Waals surface area contributed by atoms with Crippen LogP contribution in [0.1, 0.15) is 55.6 Å². The number of carboxylic acids is 1. The van der Waals surface area contributed by atoms with Crippen LogP contribution in [0.25, 0.3) is 11.1 Å². The van der Waals surface area contributed by atoms with Crippen LogP contribution in [0.4, 0.5) is 4.79 Å². The number of fused-ring (bicyclic) bond motifs is 3. The second-order valence-corrected chi connectivity index (χ2v) is 9.68. The second kappa shape index (κ2) is 9.49. The number of aliphatic carboxylic acids is 1. The van der Waals surface area contributed by atoms with Gasteiger partial charge in [0.2, 0.25) is 5.91 Å². The highest BCUT2D eigenvalue weighted by atomic mass is 16.5. The monoisotopic (exact) mass is 462 g/mol. The van der Waals surface area contributed by atoms with Crippen LogP contribution in [0.2, 0.25) is 0 Å². The fourth-order valence-electron chi connectivity index (χ4n) is 5.74. The number of nitrogens with one attached hydrogen (secondary N) is 2. The molecule has 2 aromatic rings. The van der Waals surface area contributed by atoms with Crippen LogP contribution in [-0.2, 0) is 14.3 Å². The van der Waals surface area contributed by atoms with Gasteiger partial charge in [-0.1, -0.05) is 74.2 Å². The predicted octanol–water partition coefficient (Wildman–Crippen LogP) is 4.06. The summed E-state index contributed by atoms with van der Waals surface area (Å²) in [5, 5.41) is 14.7. The first kappa shape index (κ1) is 22.4. The molecule has 3 aliphatic carbocycles. The zero-order valence-corrected chi connectivity index (χ0v) is 19.0. The quantitative estimate of drug-likeness (QED) is 0.549. The van der Waals surface area contributed by atoms with E-state index in [9.17, 15) is 19.5 Å². The van der Waals surface area contributed by atoms with Crippen molar-refractivity contribution in [3.63, 3.8) is 0 Å². The molecule has 0 spiro atoms. The van der Waals surface area contributed by atoms with Crippen LogP contribution >= 0.6 is 0 Å². The van der Waals surface area contributed by atoms with E-state index in [0.717, 1.165) is 28.7 Å². The molecule has 34 heavy (non-hydrogen) atoms. The van der Waals surface area contributed by atoms with Gasteiger partial charge in [-0.15, -0.1) is 0 Å². The smallest absolute Gasteiger partial charge is 0.407 e. The Labute approximate surface area is 198 Å². The number of hydrogen-bond acceptors (Lipinski definition) is 4. The van der Waals surface area contributed by atoms with Gasteiger partial charge < -0.3 is 20.5 Å². The number of carbonyl (C=O) groups is 3. The first-order chi connectivity index (χ1) is 16.5. The maximum atomic E-state index is 12.8. The summed E-state index contributed by atoms with van der Waals surface area (Å²) in [5.41, 5.74) is 4.42. The molecule has 0 saturated heterocycles. The highest BCUT2D eigenvalue weighted by Crippen LogP contribution is 2.46. The van der Waals surface area contributed by atoms with Gasteiger partial charge in [-0.25, -0.2) is 4.79 Å². The van der Waals surface area contributed by atoms with Crippen molar-refractivity contribution in [1.82, 2.24) is 10.6 Å².